The fourth-order valence-corrected chi connectivity index (χ4v) is 4.72. The minimum absolute atomic E-state index is 0.0671. The van der Waals surface area contributed by atoms with E-state index in [0.29, 0.717) is 19.0 Å². The van der Waals surface area contributed by atoms with Crippen molar-refractivity contribution < 1.29 is 22.4 Å². The van der Waals surface area contributed by atoms with Gasteiger partial charge in [-0.2, -0.15) is 4.31 Å². The molecule has 2 fully saturated rings. The van der Waals surface area contributed by atoms with Crippen molar-refractivity contribution in [2.45, 2.75) is 24.0 Å². The highest BCUT2D eigenvalue weighted by Gasteiger charge is 2.45. The summed E-state index contributed by atoms with van der Waals surface area (Å²) in [5, 5.41) is -0.226. The molecule has 3 unspecified atom stereocenters. The summed E-state index contributed by atoms with van der Waals surface area (Å²) in [5.41, 5.74) is 6.11. The number of ether oxygens (including phenoxy) is 1. The number of carbonyl (C=O) groups is 1. The average Bonchev–Trinajstić information content (AvgIpc) is 3.15. The first-order chi connectivity index (χ1) is 9.93. The van der Waals surface area contributed by atoms with Crippen molar-refractivity contribution in [3.63, 3.8) is 0 Å². The molecule has 1 aromatic heterocycles. The molecule has 3 rings (SSSR count). The predicted molar refractivity (Wildman–Crippen MR) is 73.0 cm³/mol. The standard InChI is InChI=1S/C13H18N2O5S/c1-19-13(16)9-4-12(20-7-9)21(17,18)15-5-8-2-3-11(14)10(8)6-15/h4,7-8,10-11H,2-3,5-6,14H2,1H3. The van der Waals surface area contributed by atoms with Crippen molar-refractivity contribution >= 4 is 16.0 Å². The number of hydrogen-bond donors (Lipinski definition) is 1. The van der Waals surface area contributed by atoms with Gasteiger partial charge in [0.15, 0.2) is 0 Å². The molecule has 7 nitrogen and oxygen atoms in total. The molecule has 0 radical (unpaired) electrons. The van der Waals surface area contributed by atoms with Gasteiger partial charge in [-0.1, -0.05) is 0 Å². The number of rotatable bonds is 3. The number of nitrogens with two attached hydrogens (primary N) is 1. The average molecular weight is 314 g/mol. The van der Waals surface area contributed by atoms with Crippen molar-refractivity contribution in [3.05, 3.63) is 17.9 Å². The zero-order valence-electron chi connectivity index (χ0n) is 11.7. The summed E-state index contributed by atoms with van der Waals surface area (Å²) in [7, 11) is -2.49. The second-order valence-corrected chi connectivity index (χ2v) is 7.50. The van der Waals surface area contributed by atoms with Crippen molar-refractivity contribution in [2.75, 3.05) is 20.2 Å². The molecule has 2 heterocycles. The highest BCUT2D eigenvalue weighted by atomic mass is 32.2. The third-order valence-electron chi connectivity index (χ3n) is 4.47. The molecule has 2 aliphatic rings. The van der Waals surface area contributed by atoms with Crippen LogP contribution in [-0.4, -0.2) is 44.9 Å². The number of esters is 1. The molecule has 1 aromatic rings. The smallest absolute Gasteiger partial charge is 0.341 e. The summed E-state index contributed by atoms with van der Waals surface area (Å²) < 4.78 is 36.1. The maximum atomic E-state index is 12.5. The Kier molecular flexibility index (Phi) is 3.54. The van der Waals surface area contributed by atoms with E-state index in [1.807, 2.05) is 0 Å². The fourth-order valence-electron chi connectivity index (χ4n) is 3.27. The molecule has 1 saturated heterocycles. The van der Waals surface area contributed by atoms with Gasteiger partial charge < -0.3 is 14.9 Å². The summed E-state index contributed by atoms with van der Waals surface area (Å²) in [6.45, 7) is 0.886. The van der Waals surface area contributed by atoms with E-state index in [2.05, 4.69) is 4.74 Å². The molecule has 1 aliphatic heterocycles. The molecule has 0 amide bonds. The second-order valence-electron chi connectivity index (χ2n) is 5.63. The Hall–Kier alpha value is -1.38. The molecule has 1 saturated carbocycles. The van der Waals surface area contributed by atoms with E-state index in [1.54, 1.807) is 0 Å². The Morgan fingerprint density at radius 3 is 2.86 bits per heavy atom. The van der Waals surface area contributed by atoms with Crippen LogP contribution in [0, 0.1) is 11.8 Å². The molecule has 2 N–H and O–H groups in total. The number of fused-ring (bicyclic) bond motifs is 1. The number of sulfonamides is 1. The maximum absolute atomic E-state index is 12.5. The SMILES string of the molecule is COC(=O)c1coc(S(=O)(=O)N2CC3CCC(N)C3C2)c1. The van der Waals surface area contributed by atoms with Crippen molar-refractivity contribution in [2.24, 2.45) is 17.6 Å². The molecular formula is C13H18N2O5S. The van der Waals surface area contributed by atoms with Crippen LogP contribution < -0.4 is 5.73 Å². The quantitative estimate of drug-likeness (QED) is 0.811. The molecule has 1 aliphatic carbocycles. The van der Waals surface area contributed by atoms with Crippen LogP contribution in [0.5, 0.6) is 0 Å². The number of hydrogen-bond acceptors (Lipinski definition) is 6. The highest BCUT2D eigenvalue weighted by molar-refractivity contribution is 7.89. The lowest BCUT2D eigenvalue weighted by molar-refractivity contribution is 0.0600. The molecule has 8 heteroatoms. The number of methoxy groups -OCH3 is 1. The normalized spacial score (nSPS) is 29.5. The molecular weight excluding hydrogens is 296 g/mol. The summed E-state index contributed by atoms with van der Waals surface area (Å²) in [4.78, 5) is 11.4. The van der Waals surface area contributed by atoms with Gasteiger partial charge >= 0.3 is 5.97 Å². The van der Waals surface area contributed by atoms with E-state index in [0.717, 1.165) is 19.1 Å². The Morgan fingerprint density at radius 2 is 2.19 bits per heavy atom. The van der Waals surface area contributed by atoms with E-state index >= 15 is 0 Å². The van der Waals surface area contributed by atoms with Crippen molar-refractivity contribution in [1.29, 1.82) is 0 Å². The van der Waals surface area contributed by atoms with Crippen LogP contribution in [0.1, 0.15) is 23.2 Å². The molecule has 0 bridgehead atoms. The van der Waals surface area contributed by atoms with E-state index in [4.69, 9.17) is 10.2 Å². The minimum atomic E-state index is -3.72. The topological polar surface area (TPSA) is 103 Å². The van der Waals surface area contributed by atoms with Crippen LogP contribution in [0.2, 0.25) is 0 Å². The van der Waals surface area contributed by atoms with Crippen molar-refractivity contribution in [3.8, 4) is 0 Å². The summed E-state index contributed by atoms with van der Waals surface area (Å²) in [6.07, 6.45) is 3.02. The van der Waals surface area contributed by atoms with Crippen LogP contribution in [0.4, 0.5) is 0 Å². The number of nitrogens with zero attached hydrogens (tertiary/aromatic N) is 1. The first-order valence-electron chi connectivity index (χ1n) is 6.86. The van der Waals surface area contributed by atoms with Crippen LogP contribution in [0.15, 0.2) is 21.8 Å². The van der Waals surface area contributed by atoms with E-state index < -0.39 is 16.0 Å². The number of furan rings is 1. The molecule has 0 aromatic carbocycles. The van der Waals surface area contributed by atoms with Crippen LogP contribution in [0.3, 0.4) is 0 Å². The molecule has 3 atom stereocenters. The molecule has 116 valence electrons. The first kappa shape index (κ1) is 14.6. The third kappa shape index (κ3) is 2.37. The van der Waals surface area contributed by atoms with Gasteiger partial charge in [0.1, 0.15) is 6.26 Å². The van der Waals surface area contributed by atoms with Crippen molar-refractivity contribution in [1.82, 2.24) is 4.31 Å². The monoisotopic (exact) mass is 314 g/mol. The number of carbonyl (C=O) groups excluding carboxylic acids is 1. The Balaban J connectivity index is 1.81. The third-order valence-corrected chi connectivity index (χ3v) is 6.17. The second kappa shape index (κ2) is 5.11. The lowest BCUT2D eigenvalue weighted by Gasteiger charge is -2.16. The lowest BCUT2D eigenvalue weighted by atomic mass is 9.98. The van der Waals surface area contributed by atoms with Gasteiger partial charge in [0.05, 0.1) is 12.7 Å². The predicted octanol–water partition coefficient (Wildman–Crippen LogP) is 0.424. The van der Waals surface area contributed by atoms with E-state index in [9.17, 15) is 13.2 Å². The van der Waals surface area contributed by atoms with Gasteiger partial charge in [0, 0.05) is 25.2 Å². The van der Waals surface area contributed by atoms with E-state index in [1.165, 1.54) is 17.5 Å². The zero-order valence-corrected chi connectivity index (χ0v) is 12.5. The zero-order chi connectivity index (χ0) is 15.2. The van der Waals surface area contributed by atoms with Gasteiger partial charge in [-0.05, 0) is 24.7 Å². The summed E-state index contributed by atoms with van der Waals surface area (Å²) >= 11 is 0. The van der Waals surface area contributed by atoms with Crippen LogP contribution in [-0.2, 0) is 14.8 Å². The van der Waals surface area contributed by atoms with Gasteiger partial charge in [-0.3, -0.25) is 0 Å². The van der Waals surface area contributed by atoms with Gasteiger partial charge in [-0.25, -0.2) is 13.2 Å². The Bertz CT molecular complexity index is 653. The highest BCUT2D eigenvalue weighted by Crippen LogP contribution is 2.39. The van der Waals surface area contributed by atoms with Gasteiger partial charge in [0.2, 0.25) is 5.09 Å². The minimum Gasteiger partial charge on any atom is -0.465 e. The maximum Gasteiger partial charge on any atom is 0.341 e. The fraction of sp³-hybridized carbons (Fsp3) is 0.615. The first-order valence-corrected chi connectivity index (χ1v) is 8.30. The van der Waals surface area contributed by atoms with E-state index in [-0.39, 0.29) is 22.6 Å². The molecule has 0 spiro atoms. The lowest BCUT2D eigenvalue weighted by Crippen LogP contribution is -2.33. The summed E-state index contributed by atoms with van der Waals surface area (Å²) in [5.74, 6) is -0.0832. The van der Waals surface area contributed by atoms with Crippen LogP contribution in [0.25, 0.3) is 0 Å². The Labute approximate surface area is 123 Å². The van der Waals surface area contributed by atoms with Crippen LogP contribution >= 0.6 is 0 Å². The summed E-state index contributed by atoms with van der Waals surface area (Å²) in [6, 6.07) is 1.27. The molecule has 21 heavy (non-hydrogen) atoms. The van der Waals surface area contributed by atoms with Gasteiger partial charge in [-0.15, -0.1) is 0 Å². The van der Waals surface area contributed by atoms with Gasteiger partial charge in [0.25, 0.3) is 10.0 Å². The largest absolute Gasteiger partial charge is 0.465 e. The Morgan fingerprint density at radius 1 is 1.43 bits per heavy atom.